The first-order valence-corrected chi connectivity index (χ1v) is 9.68. The average molecular weight is 372 g/mol. The molecule has 1 saturated heterocycles. The summed E-state index contributed by atoms with van der Waals surface area (Å²) >= 11 is 0. The maximum atomic E-state index is 12.3. The summed E-state index contributed by atoms with van der Waals surface area (Å²) in [5.41, 5.74) is -1.15. The van der Waals surface area contributed by atoms with E-state index in [1.807, 2.05) is 20.8 Å². The van der Waals surface area contributed by atoms with Crippen LogP contribution in [0.4, 0.5) is 0 Å². The van der Waals surface area contributed by atoms with Gasteiger partial charge in [0.2, 0.25) is 9.84 Å². The van der Waals surface area contributed by atoms with Crippen molar-refractivity contribution < 1.29 is 27.4 Å². The highest BCUT2D eigenvalue weighted by Gasteiger charge is 2.37. The molecule has 0 saturated carbocycles. The summed E-state index contributed by atoms with van der Waals surface area (Å²) in [6.07, 6.45) is 0.362. The summed E-state index contributed by atoms with van der Waals surface area (Å²) in [7, 11) is -3.44. The van der Waals surface area contributed by atoms with E-state index in [9.17, 15) is 13.2 Å². The first kappa shape index (κ1) is 21.6. The van der Waals surface area contributed by atoms with Gasteiger partial charge in [-0.1, -0.05) is 18.2 Å². The number of ether oxygens (including phenoxy) is 3. The number of carbonyl (C=O) groups is 1. The lowest BCUT2D eigenvalue weighted by atomic mass is 10.2. The highest BCUT2D eigenvalue weighted by molar-refractivity contribution is 7.91. The van der Waals surface area contributed by atoms with E-state index in [4.69, 9.17) is 14.2 Å². The summed E-state index contributed by atoms with van der Waals surface area (Å²) < 4.78 is 40.2. The second-order valence-corrected chi connectivity index (χ2v) is 9.24. The summed E-state index contributed by atoms with van der Waals surface area (Å²) in [6, 6.07) is 8.37. The third-order valence-corrected chi connectivity index (χ3v) is 5.04. The molecule has 1 aromatic rings. The fraction of sp³-hybridized carbons (Fsp3) is 0.611. The van der Waals surface area contributed by atoms with Crippen LogP contribution in [-0.4, -0.2) is 37.8 Å². The average Bonchev–Trinajstić information content (AvgIpc) is 2.45. The van der Waals surface area contributed by atoms with Gasteiger partial charge in [-0.25, -0.2) is 8.42 Å². The van der Waals surface area contributed by atoms with Crippen molar-refractivity contribution in [1.29, 1.82) is 0 Å². The monoisotopic (exact) mass is 372 g/mol. The van der Waals surface area contributed by atoms with Crippen LogP contribution >= 0.6 is 0 Å². The maximum absolute atomic E-state index is 12.3. The van der Waals surface area contributed by atoms with Gasteiger partial charge < -0.3 is 14.2 Å². The Kier molecular flexibility index (Phi) is 7.17. The Bertz CT molecular complexity index is 659. The van der Waals surface area contributed by atoms with E-state index in [-0.39, 0.29) is 11.6 Å². The minimum absolute atomic E-state index is 0.225. The largest absolute Gasteiger partial charge is 0.460 e. The second-order valence-electron chi connectivity index (χ2n) is 7.15. The predicted molar refractivity (Wildman–Crippen MR) is 94.7 cm³/mol. The van der Waals surface area contributed by atoms with E-state index in [0.717, 1.165) is 0 Å². The molecule has 0 aromatic heterocycles. The summed E-state index contributed by atoms with van der Waals surface area (Å²) in [4.78, 5) is 10.5. The Hall–Kier alpha value is -1.44. The van der Waals surface area contributed by atoms with Crippen molar-refractivity contribution in [3.05, 3.63) is 30.3 Å². The van der Waals surface area contributed by atoms with Crippen molar-refractivity contribution in [2.45, 2.75) is 69.7 Å². The van der Waals surface area contributed by atoms with Crippen molar-refractivity contribution in [1.82, 2.24) is 0 Å². The highest BCUT2D eigenvalue weighted by atomic mass is 32.2. The SMILES string of the molecule is CC(=O)OC(C)(C)C.CC1(C)OCCC(S(=O)(=O)c2ccccc2)O1. The molecule has 25 heavy (non-hydrogen) atoms. The van der Waals surface area contributed by atoms with E-state index < -0.39 is 21.1 Å². The molecule has 6 nitrogen and oxygen atoms in total. The molecule has 1 atom stereocenters. The van der Waals surface area contributed by atoms with Gasteiger partial charge in [0.05, 0.1) is 11.5 Å². The molecule has 1 fully saturated rings. The molecule has 0 bridgehead atoms. The quantitative estimate of drug-likeness (QED) is 0.741. The van der Waals surface area contributed by atoms with Crippen LogP contribution in [0.1, 0.15) is 48.0 Å². The van der Waals surface area contributed by atoms with Crippen LogP contribution in [0, 0.1) is 0 Å². The highest BCUT2D eigenvalue weighted by Crippen LogP contribution is 2.28. The van der Waals surface area contributed by atoms with Gasteiger partial charge in [-0.05, 0) is 46.8 Å². The molecule has 0 aliphatic carbocycles. The van der Waals surface area contributed by atoms with Gasteiger partial charge in [-0.2, -0.15) is 0 Å². The Morgan fingerprint density at radius 2 is 1.76 bits per heavy atom. The van der Waals surface area contributed by atoms with E-state index >= 15 is 0 Å². The van der Waals surface area contributed by atoms with Crippen LogP contribution in [0.5, 0.6) is 0 Å². The van der Waals surface area contributed by atoms with Gasteiger partial charge in [-0.3, -0.25) is 4.79 Å². The Morgan fingerprint density at radius 3 is 2.16 bits per heavy atom. The smallest absolute Gasteiger partial charge is 0.303 e. The molecule has 0 N–H and O–H groups in total. The molecule has 1 aliphatic heterocycles. The summed E-state index contributed by atoms with van der Waals surface area (Å²) in [6.45, 7) is 10.8. The molecule has 1 unspecified atom stereocenters. The normalized spacial score (nSPS) is 20.2. The van der Waals surface area contributed by atoms with Gasteiger partial charge in [0.1, 0.15) is 5.60 Å². The lowest BCUT2D eigenvalue weighted by Crippen LogP contribution is -2.43. The van der Waals surface area contributed by atoms with E-state index in [1.54, 1.807) is 44.2 Å². The number of hydrogen-bond acceptors (Lipinski definition) is 6. The molecule has 1 aromatic carbocycles. The van der Waals surface area contributed by atoms with Crippen LogP contribution in [0.15, 0.2) is 35.2 Å². The van der Waals surface area contributed by atoms with Crippen molar-refractivity contribution in [2.75, 3.05) is 6.61 Å². The van der Waals surface area contributed by atoms with Gasteiger partial charge in [0.15, 0.2) is 11.2 Å². The molecule has 7 heteroatoms. The molecule has 142 valence electrons. The molecule has 0 radical (unpaired) electrons. The molecular weight excluding hydrogens is 344 g/mol. The summed E-state index contributed by atoms with van der Waals surface area (Å²) in [5, 5.41) is 0. The Morgan fingerprint density at radius 1 is 1.20 bits per heavy atom. The van der Waals surface area contributed by atoms with Crippen molar-refractivity contribution in [2.24, 2.45) is 0 Å². The molecule has 0 spiro atoms. The zero-order chi connectivity index (χ0) is 19.3. The van der Waals surface area contributed by atoms with Crippen LogP contribution < -0.4 is 0 Å². The number of esters is 1. The minimum atomic E-state index is -3.44. The number of rotatable bonds is 2. The Labute approximate surface area is 150 Å². The fourth-order valence-corrected chi connectivity index (χ4v) is 3.83. The fourth-order valence-electron chi connectivity index (χ4n) is 2.22. The van der Waals surface area contributed by atoms with Gasteiger partial charge in [0.25, 0.3) is 0 Å². The van der Waals surface area contributed by atoms with E-state index in [1.165, 1.54) is 6.92 Å². The molecule has 2 rings (SSSR count). The number of carbonyl (C=O) groups excluding carboxylic acids is 1. The predicted octanol–water partition coefficient (Wildman–Crippen LogP) is 3.31. The first-order valence-electron chi connectivity index (χ1n) is 8.14. The van der Waals surface area contributed by atoms with Crippen molar-refractivity contribution in [3.8, 4) is 0 Å². The lowest BCUT2D eigenvalue weighted by Gasteiger charge is -2.35. The lowest BCUT2D eigenvalue weighted by molar-refractivity contribution is -0.255. The zero-order valence-electron chi connectivity index (χ0n) is 15.7. The summed E-state index contributed by atoms with van der Waals surface area (Å²) in [5.74, 6) is -1.07. The van der Waals surface area contributed by atoms with Gasteiger partial charge >= 0.3 is 5.97 Å². The molecule has 1 heterocycles. The van der Waals surface area contributed by atoms with E-state index in [2.05, 4.69) is 0 Å². The minimum Gasteiger partial charge on any atom is -0.460 e. The topological polar surface area (TPSA) is 78.9 Å². The standard InChI is InChI=1S/C12H16O4S.C6H12O2/c1-12(2)15-9-8-11(16-12)17(13,14)10-6-4-3-5-7-10;1-5(7)8-6(2,3)4/h3-7,11H,8-9H2,1-2H3;1-4H3. The molecular formula is C18H28O6S. The van der Waals surface area contributed by atoms with Crippen LogP contribution in [-0.2, 0) is 28.8 Å². The molecule has 1 aliphatic rings. The Balaban J connectivity index is 0.000000333. The number of sulfone groups is 1. The van der Waals surface area contributed by atoms with Crippen LogP contribution in [0.3, 0.4) is 0 Å². The van der Waals surface area contributed by atoms with E-state index in [0.29, 0.717) is 17.9 Å². The maximum Gasteiger partial charge on any atom is 0.303 e. The van der Waals surface area contributed by atoms with Gasteiger partial charge in [0, 0.05) is 13.3 Å². The number of hydrogen-bond donors (Lipinski definition) is 0. The van der Waals surface area contributed by atoms with Crippen molar-refractivity contribution >= 4 is 15.8 Å². The number of benzene rings is 1. The van der Waals surface area contributed by atoms with Gasteiger partial charge in [-0.15, -0.1) is 0 Å². The third kappa shape index (κ3) is 7.54. The molecule has 0 amide bonds. The van der Waals surface area contributed by atoms with Crippen molar-refractivity contribution in [3.63, 3.8) is 0 Å². The third-order valence-electron chi connectivity index (χ3n) is 3.09. The zero-order valence-corrected chi connectivity index (χ0v) is 16.6. The van der Waals surface area contributed by atoms with Crippen LogP contribution in [0.25, 0.3) is 0 Å². The first-order chi connectivity index (χ1) is 11.3. The second kappa shape index (κ2) is 8.29. The van der Waals surface area contributed by atoms with Crippen LogP contribution in [0.2, 0.25) is 0 Å².